The first-order valence-corrected chi connectivity index (χ1v) is 10.5. The summed E-state index contributed by atoms with van der Waals surface area (Å²) in [5.41, 5.74) is 4.02. The SMILES string of the molecule is CN=C(NCc1ccc(-n2nc(C)cc2C)nc1)N1CCN(c2ccccc2O)CC1.I. The van der Waals surface area contributed by atoms with Gasteiger partial charge in [0.2, 0.25) is 0 Å². The molecule has 3 heterocycles. The molecule has 1 aliphatic heterocycles. The predicted octanol–water partition coefficient (Wildman–Crippen LogP) is 3.11. The van der Waals surface area contributed by atoms with Gasteiger partial charge >= 0.3 is 0 Å². The third kappa shape index (κ3) is 5.32. The van der Waals surface area contributed by atoms with E-state index in [1.54, 1.807) is 6.07 Å². The van der Waals surface area contributed by atoms with Crippen molar-refractivity contribution in [3.8, 4) is 11.6 Å². The Morgan fingerprint density at radius 2 is 1.84 bits per heavy atom. The standard InChI is InChI=1S/C23H29N7O.HI/c1-17-14-18(2)30(27-17)22-9-8-19(15-25-22)16-26-23(24-3)29-12-10-28(11-13-29)20-6-4-5-7-21(20)31;/h4-9,14-15,31H,10-13,16H2,1-3H3,(H,24,26);1H. The van der Waals surface area contributed by atoms with Crippen molar-refractivity contribution in [2.24, 2.45) is 4.99 Å². The molecule has 0 amide bonds. The molecule has 32 heavy (non-hydrogen) atoms. The van der Waals surface area contributed by atoms with Crippen LogP contribution in [0.15, 0.2) is 53.7 Å². The van der Waals surface area contributed by atoms with Gasteiger partial charge in [-0.2, -0.15) is 5.10 Å². The van der Waals surface area contributed by atoms with Crippen molar-refractivity contribution < 1.29 is 5.11 Å². The smallest absolute Gasteiger partial charge is 0.194 e. The van der Waals surface area contributed by atoms with Crippen LogP contribution in [0.3, 0.4) is 0 Å². The number of hydrogen-bond acceptors (Lipinski definition) is 5. The number of aromatic nitrogens is 3. The highest BCUT2D eigenvalue weighted by Gasteiger charge is 2.21. The number of phenols is 1. The fourth-order valence-corrected chi connectivity index (χ4v) is 3.91. The van der Waals surface area contributed by atoms with Crippen molar-refractivity contribution >= 4 is 35.6 Å². The summed E-state index contributed by atoms with van der Waals surface area (Å²) in [7, 11) is 1.81. The Balaban J connectivity index is 0.00000289. The van der Waals surface area contributed by atoms with Gasteiger partial charge in [0.15, 0.2) is 11.8 Å². The van der Waals surface area contributed by atoms with Crippen molar-refractivity contribution in [1.29, 1.82) is 0 Å². The van der Waals surface area contributed by atoms with E-state index < -0.39 is 0 Å². The van der Waals surface area contributed by atoms with E-state index in [4.69, 9.17) is 0 Å². The van der Waals surface area contributed by atoms with Crippen molar-refractivity contribution in [3.05, 3.63) is 65.6 Å². The van der Waals surface area contributed by atoms with Crippen molar-refractivity contribution in [1.82, 2.24) is 25.0 Å². The van der Waals surface area contributed by atoms with Crippen molar-refractivity contribution in [2.75, 3.05) is 38.1 Å². The van der Waals surface area contributed by atoms with Gasteiger partial charge in [-0.05, 0) is 43.7 Å². The van der Waals surface area contributed by atoms with Gasteiger partial charge in [0, 0.05) is 51.7 Å². The van der Waals surface area contributed by atoms with E-state index in [2.05, 4.69) is 36.3 Å². The molecule has 1 saturated heterocycles. The number of aryl methyl sites for hydroxylation is 2. The number of aliphatic imine (C=N–C) groups is 1. The molecular weight excluding hydrogens is 517 g/mol. The van der Waals surface area contributed by atoms with Crippen LogP contribution >= 0.6 is 24.0 Å². The highest BCUT2D eigenvalue weighted by molar-refractivity contribution is 14.0. The molecule has 4 rings (SSSR count). The fourth-order valence-electron chi connectivity index (χ4n) is 3.91. The van der Waals surface area contributed by atoms with Crippen LogP contribution in [0.4, 0.5) is 5.69 Å². The number of anilines is 1. The summed E-state index contributed by atoms with van der Waals surface area (Å²) in [5, 5.41) is 18.0. The minimum atomic E-state index is 0. The number of nitrogens with zero attached hydrogens (tertiary/aromatic N) is 6. The maximum atomic E-state index is 10.1. The number of rotatable bonds is 4. The van der Waals surface area contributed by atoms with E-state index in [9.17, 15) is 5.11 Å². The quantitative estimate of drug-likeness (QED) is 0.297. The summed E-state index contributed by atoms with van der Waals surface area (Å²) in [6, 6.07) is 13.6. The summed E-state index contributed by atoms with van der Waals surface area (Å²) in [5.74, 6) is 2.02. The van der Waals surface area contributed by atoms with Gasteiger partial charge in [-0.1, -0.05) is 18.2 Å². The van der Waals surface area contributed by atoms with E-state index in [-0.39, 0.29) is 24.0 Å². The lowest BCUT2D eigenvalue weighted by molar-refractivity contribution is 0.369. The minimum absolute atomic E-state index is 0. The second-order valence-corrected chi connectivity index (χ2v) is 7.73. The van der Waals surface area contributed by atoms with Crippen LogP contribution < -0.4 is 10.2 Å². The van der Waals surface area contributed by atoms with Gasteiger partial charge in [0.25, 0.3) is 0 Å². The topological polar surface area (TPSA) is 81.8 Å². The molecule has 8 nitrogen and oxygen atoms in total. The number of piperazine rings is 1. The second-order valence-electron chi connectivity index (χ2n) is 7.73. The molecule has 0 spiro atoms. The maximum Gasteiger partial charge on any atom is 0.194 e. The molecule has 9 heteroatoms. The Labute approximate surface area is 206 Å². The van der Waals surface area contributed by atoms with E-state index in [0.717, 1.165) is 60.6 Å². The number of pyridine rings is 1. The Kier molecular flexibility index (Phi) is 7.94. The van der Waals surface area contributed by atoms with Crippen LogP contribution in [0.1, 0.15) is 17.0 Å². The number of phenolic OH excluding ortho intramolecular Hbond substituents is 1. The molecule has 1 aromatic carbocycles. The van der Waals surface area contributed by atoms with Gasteiger partial charge in [-0.15, -0.1) is 24.0 Å². The lowest BCUT2D eigenvalue weighted by Gasteiger charge is -2.37. The fraction of sp³-hybridized carbons (Fsp3) is 0.348. The second kappa shape index (κ2) is 10.7. The lowest BCUT2D eigenvalue weighted by Crippen LogP contribution is -2.52. The maximum absolute atomic E-state index is 10.1. The van der Waals surface area contributed by atoms with E-state index >= 15 is 0 Å². The molecular formula is C23H30IN7O. The molecule has 0 aliphatic carbocycles. The molecule has 0 bridgehead atoms. The molecule has 170 valence electrons. The first-order valence-electron chi connectivity index (χ1n) is 10.5. The zero-order valence-corrected chi connectivity index (χ0v) is 21.0. The summed E-state index contributed by atoms with van der Waals surface area (Å²) < 4.78 is 1.86. The highest BCUT2D eigenvalue weighted by atomic mass is 127. The Hall–Kier alpha value is -2.82. The van der Waals surface area contributed by atoms with Crippen LogP contribution in [0.25, 0.3) is 5.82 Å². The number of para-hydroxylation sites is 2. The number of nitrogens with one attached hydrogen (secondary N) is 1. The van der Waals surface area contributed by atoms with Crippen LogP contribution in [0.5, 0.6) is 5.75 Å². The van der Waals surface area contributed by atoms with Gasteiger partial charge < -0.3 is 20.2 Å². The highest BCUT2D eigenvalue weighted by Crippen LogP contribution is 2.27. The van der Waals surface area contributed by atoms with E-state index in [1.165, 1.54) is 0 Å². The van der Waals surface area contributed by atoms with Crippen LogP contribution in [0.2, 0.25) is 0 Å². The van der Waals surface area contributed by atoms with E-state index in [0.29, 0.717) is 12.3 Å². The molecule has 1 aliphatic rings. The zero-order chi connectivity index (χ0) is 21.8. The first kappa shape index (κ1) is 23.8. The van der Waals surface area contributed by atoms with Gasteiger partial charge in [-0.3, -0.25) is 4.99 Å². The van der Waals surface area contributed by atoms with Gasteiger partial charge in [0.1, 0.15) is 5.75 Å². The molecule has 0 radical (unpaired) electrons. The molecule has 0 atom stereocenters. The van der Waals surface area contributed by atoms with Gasteiger partial charge in [-0.25, -0.2) is 9.67 Å². The molecule has 0 unspecified atom stereocenters. The monoisotopic (exact) mass is 547 g/mol. The summed E-state index contributed by atoms with van der Waals surface area (Å²) in [6.07, 6.45) is 1.88. The number of benzene rings is 1. The molecule has 1 fully saturated rings. The third-order valence-electron chi connectivity index (χ3n) is 5.50. The van der Waals surface area contributed by atoms with Crippen molar-refractivity contribution in [2.45, 2.75) is 20.4 Å². The molecule has 0 saturated carbocycles. The number of halogens is 1. The lowest BCUT2D eigenvalue weighted by atomic mass is 10.2. The van der Waals surface area contributed by atoms with Crippen LogP contribution in [-0.2, 0) is 6.54 Å². The van der Waals surface area contributed by atoms with Crippen LogP contribution in [-0.4, -0.2) is 64.0 Å². The molecule has 2 aromatic heterocycles. The Morgan fingerprint density at radius 1 is 1.09 bits per heavy atom. The largest absolute Gasteiger partial charge is 0.506 e. The summed E-state index contributed by atoms with van der Waals surface area (Å²) >= 11 is 0. The average molecular weight is 547 g/mol. The zero-order valence-electron chi connectivity index (χ0n) is 18.7. The van der Waals surface area contributed by atoms with Crippen molar-refractivity contribution in [3.63, 3.8) is 0 Å². The Morgan fingerprint density at radius 3 is 2.44 bits per heavy atom. The average Bonchev–Trinajstić information content (AvgIpc) is 3.13. The van der Waals surface area contributed by atoms with Crippen LogP contribution in [0, 0.1) is 13.8 Å². The Bertz CT molecular complexity index is 1060. The minimum Gasteiger partial charge on any atom is -0.506 e. The first-order chi connectivity index (χ1) is 15.0. The predicted molar refractivity (Wildman–Crippen MR) is 138 cm³/mol. The van der Waals surface area contributed by atoms with E-state index in [1.807, 2.05) is 62.1 Å². The summed E-state index contributed by atoms with van der Waals surface area (Å²) in [4.78, 5) is 13.5. The normalized spacial score (nSPS) is 14.3. The molecule has 2 N–H and O–H groups in total. The van der Waals surface area contributed by atoms with Gasteiger partial charge in [0.05, 0.1) is 11.4 Å². The third-order valence-corrected chi connectivity index (χ3v) is 5.50. The number of guanidine groups is 1. The number of hydrogen-bond donors (Lipinski definition) is 2. The summed E-state index contributed by atoms with van der Waals surface area (Å²) in [6.45, 7) is 7.99. The molecule has 3 aromatic rings. The number of aromatic hydroxyl groups is 1.